The normalized spacial score (nSPS) is 27.5. The number of carbonyl (C=O) groups excluding carboxylic acids is 1. The highest BCUT2D eigenvalue weighted by atomic mass is 32.2. The van der Waals surface area contributed by atoms with Crippen molar-refractivity contribution in [2.45, 2.75) is 44.1 Å². The molecule has 1 N–H and O–H groups in total. The Bertz CT molecular complexity index is 583. The molecule has 2 saturated carbocycles. The quantitative estimate of drug-likeness (QED) is 0.731. The average molecular weight is 350 g/mol. The van der Waals surface area contributed by atoms with Gasteiger partial charge in [0.2, 0.25) is 0 Å². The summed E-state index contributed by atoms with van der Waals surface area (Å²) < 4.78 is 5.32. The summed E-state index contributed by atoms with van der Waals surface area (Å²) in [4.78, 5) is 15.1. The van der Waals surface area contributed by atoms with Gasteiger partial charge in [0.05, 0.1) is 0 Å². The Morgan fingerprint density at radius 1 is 1.38 bits per heavy atom. The van der Waals surface area contributed by atoms with E-state index in [0.717, 1.165) is 44.2 Å². The molecule has 4 rings (SSSR count). The van der Waals surface area contributed by atoms with Gasteiger partial charge in [0.25, 0.3) is 5.91 Å². The lowest BCUT2D eigenvalue weighted by Crippen LogP contribution is -2.41. The van der Waals surface area contributed by atoms with Crippen LogP contribution < -0.4 is 5.32 Å². The molecule has 0 bridgehead atoms. The van der Waals surface area contributed by atoms with Gasteiger partial charge >= 0.3 is 0 Å². The number of aromatic nitrogens is 1. The van der Waals surface area contributed by atoms with Gasteiger partial charge < -0.3 is 14.7 Å². The van der Waals surface area contributed by atoms with Crippen molar-refractivity contribution in [1.82, 2.24) is 15.4 Å². The van der Waals surface area contributed by atoms with Gasteiger partial charge in [0, 0.05) is 31.1 Å². The highest BCUT2D eigenvalue weighted by Gasteiger charge is 2.43. The number of carbonyl (C=O) groups is 1. The summed E-state index contributed by atoms with van der Waals surface area (Å²) in [5.74, 6) is 3.94. The lowest BCUT2D eigenvalue weighted by Gasteiger charge is -2.18. The van der Waals surface area contributed by atoms with Crippen molar-refractivity contribution in [3.05, 3.63) is 17.5 Å². The van der Waals surface area contributed by atoms with Crippen LogP contribution in [0.25, 0.3) is 0 Å². The molecular weight excluding hydrogens is 322 g/mol. The van der Waals surface area contributed by atoms with E-state index in [4.69, 9.17) is 4.52 Å². The Labute approximate surface area is 147 Å². The van der Waals surface area contributed by atoms with Gasteiger partial charge in [0.15, 0.2) is 5.69 Å². The number of nitrogens with zero attached hydrogens (tertiary/aromatic N) is 2. The number of nitrogens with one attached hydrogen (secondary N) is 1. The number of rotatable bonds is 8. The summed E-state index contributed by atoms with van der Waals surface area (Å²) in [5.41, 5.74) is 0.451. The van der Waals surface area contributed by atoms with E-state index in [2.05, 4.69) is 21.6 Å². The molecule has 2 heterocycles. The van der Waals surface area contributed by atoms with E-state index >= 15 is 0 Å². The molecule has 1 unspecified atom stereocenters. The average Bonchev–Trinajstić information content (AvgIpc) is 3.51. The molecule has 3 aliphatic rings. The molecule has 1 saturated heterocycles. The second-order valence-electron chi connectivity index (χ2n) is 7.58. The van der Waals surface area contributed by atoms with Gasteiger partial charge in [-0.2, -0.15) is 11.8 Å². The maximum Gasteiger partial charge on any atom is 0.273 e. The molecular formula is C18H27N3O2S. The van der Waals surface area contributed by atoms with Gasteiger partial charge in [-0.05, 0) is 62.5 Å². The third-order valence-corrected chi connectivity index (χ3v) is 6.25. The Balaban J connectivity index is 1.35. The van der Waals surface area contributed by atoms with Gasteiger partial charge in [-0.25, -0.2) is 0 Å². The minimum Gasteiger partial charge on any atom is -0.360 e. The van der Waals surface area contributed by atoms with Gasteiger partial charge in [-0.1, -0.05) is 5.16 Å². The largest absolute Gasteiger partial charge is 0.360 e. The number of hydrogen-bond acceptors (Lipinski definition) is 5. The minimum atomic E-state index is -0.0627. The smallest absolute Gasteiger partial charge is 0.273 e. The first-order valence-corrected chi connectivity index (χ1v) is 10.6. The predicted octanol–water partition coefficient (Wildman–Crippen LogP) is 2.75. The zero-order valence-electron chi connectivity index (χ0n) is 14.4. The van der Waals surface area contributed by atoms with Crippen molar-refractivity contribution >= 4 is 17.7 Å². The van der Waals surface area contributed by atoms with Crippen LogP contribution in [0.1, 0.15) is 54.3 Å². The van der Waals surface area contributed by atoms with E-state index in [1.54, 1.807) is 0 Å². The van der Waals surface area contributed by atoms with Crippen LogP contribution >= 0.6 is 11.8 Å². The second kappa shape index (κ2) is 7.08. The SMILES string of the molecule is CSCCCN1CC(C2CC2)[C@@H](NC(=O)c2cc(C3CC3)on2)C1. The highest BCUT2D eigenvalue weighted by molar-refractivity contribution is 7.98. The van der Waals surface area contributed by atoms with Crippen LogP contribution in [0, 0.1) is 11.8 Å². The van der Waals surface area contributed by atoms with Crippen molar-refractivity contribution in [3.63, 3.8) is 0 Å². The molecule has 132 valence electrons. The first-order valence-electron chi connectivity index (χ1n) is 9.23. The van der Waals surface area contributed by atoms with E-state index in [9.17, 15) is 4.79 Å². The molecule has 5 nitrogen and oxygen atoms in total. The predicted molar refractivity (Wildman–Crippen MR) is 95.4 cm³/mol. The van der Waals surface area contributed by atoms with Gasteiger partial charge in [-0.15, -0.1) is 0 Å². The monoisotopic (exact) mass is 349 g/mol. The molecule has 0 spiro atoms. The zero-order chi connectivity index (χ0) is 16.5. The molecule has 24 heavy (non-hydrogen) atoms. The van der Waals surface area contributed by atoms with Crippen molar-refractivity contribution in [3.8, 4) is 0 Å². The van der Waals surface area contributed by atoms with Crippen molar-refractivity contribution in [1.29, 1.82) is 0 Å². The maximum absolute atomic E-state index is 12.6. The van der Waals surface area contributed by atoms with E-state index in [-0.39, 0.29) is 11.9 Å². The van der Waals surface area contributed by atoms with Gasteiger partial charge in [-0.3, -0.25) is 4.79 Å². The fourth-order valence-electron chi connectivity index (χ4n) is 3.88. The van der Waals surface area contributed by atoms with Crippen LogP contribution in [0.2, 0.25) is 0 Å². The summed E-state index contributed by atoms with van der Waals surface area (Å²) in [5, 5.41) is 7.23. The number of amides is 1. The van der Waals surface area contributed by atoms with Crippen LogP contribution in [0.4, 0.5) is 0 Å². The summed E-state index contributed by atoms with van der Waals surface area (Å²) in [6.45, 7) is 3.26. The molecule has 2 aliphatic carbocycles. The third kappa shape index (κ3) is 3.80. The fourth-order valence-corrected chi connectivity index (χ4v) is 4.30. The molecule has 0 radical (unpaired) electrons. The molecule has 1 aromatic rings. The van der Waals surface area contributed by atoms with E-state index in [1.165, 1.54) is 25.0 Å². The van der Waals surface area contributed by atoms with Crippen LogP contribution in [-0.4, -0.2) is 53.6 Å². The van der Waals surface area contributed by atoms with Crippen molar-refractivity contribution < 1.29 is 9.32 Å². The maximum atomic E-state index is 12.6. The third-order valence-electron chi connectivity index (χ3n) is 5.55. The lowest BCUT2D eigenvalue weighted by molar-refractivity contribution is 0.0918. The van der Waals surface area contributed by atoms with E-state index in [0.29, 0.717) is 17.5 Å². The Morgan fingerprint density at radius 3 is 2.92 bits per heavy atom. The molecule has 1 aromatic heterocycles. The topological polar surface area (TPSA) is 58.4 Å². The zero-order valence-corrected chi connectivity index (χ0v) is 15.2. The lowest BCUT2D eigenvalue weighted by atomic mass is 9.98. The van der Waals surface area contributed by atoms with Crippen LogP contribution in [0.15, 0.2) is 10.6 Å². The summed E-state index contributed by atoms with van der Waals surface area (Å²) in [6.07, 6.45) is 8.36. The Morgan fingerprint density at radius 2 is 2.21 bits per heavy atom. The molecule has 1 aliphatic heterocycles. The van der Waals surface area contributed by atoms with Gasteiger partial charge in [0.1, 0.15) is 5.76 Å². The number of thioether (sulfide) groups is 1. The summed E-state index contributed by atoms with van der Waals surface area (Å²) in [7, 11) is 0. The number of hydrogen-bond donors (Lipinski definition) is 1. The summed E-state index contributed by atoms with van der Waals surface area (Å²) >= 11 is 1.91. The molecule has 1 amide bonds. The second-order valence-corrected chi connectivity index (χ2v) is 8.56. The molecule has 2 atom stereocenters. The van der Waals surface area contributed by atoms with Crippen LogP contribution in [0.5, 0.6) is 0 Å². The van der Waals surface area contributed by atoms with Crippen molar-refractivity contribution in [2.24, 2.45) is 11.8 Å². The fraction of sp³-hybridized carbons (Fsp3) is 0.778. The van der Waals surface area contributed by atoms with Crippen molar-refractivity contribution in [2.75, 3.05) is 31.6 Å². The molecule has 3 fully saturated rings. The standard InChI is InChI=1S/C18H27N3O2S/c1-24-8-2-7-21-10-14(12-3-4-12)16(11-21)19-18(22)15-9-17(23-20-15)13-5-6-13/h9,12-14,16H,2-8,10-11H2,1H3,(H,19,22)/t14?,16-/m0/s1. The van der Waals surface area contributed by atoms with Crippen LogP contribution in [0.3, 0.4) is 0 Å². The Kier molecular flexibility index (Phi) is 4.86. The Hall–Kier alpha value is -1.01. The molecule has 6 heteroatoms. The van der Waals surface area contributed by atoms with E-state index < -0.39 is 0 Å². The first-order chi connectivity index (χ1) is 11.7. The van der Waals surface area contributed by atoms with E-state index in [1.807, 2.05) is 17.8 Å². The molecule has 0 aromatic carbocycles. The highest BCUT2D eigenvalue weighted by Crippen LogP contribution is 2.42. The van der Waals surface area contributed by atoms with Crippen LogP contribution in [-0.2, 0) is 0 Å². The minimum absolute atomic E-state index is 0.0627. The summed E-state index contributed by atoms with van der Waals surface area (Å²) in [6, 6.07) is 2.10. The number of likely N-dealkylation sites (tertiary alicyclic amines) is 1. The first kappa shape index (κ1) is 16.5.